The smallest absolute Gasteiger partial charge is 0.254 e. The van der Waals surface area contributed by atoms with Crippen LogP contribution >= 0.6 is 0 Å². The Hall–Kier alpha value is -2.08. The average Bonchev–Trinajstić information content (AvgIpc) is 2.38. The van der Waals surface area contributed by atoms with Crippen LogP contribution in [0.1, 0.15) is 15.9 Å². The highest BCUT2D eigenvalue weighted by molar-refractivity contribution is 5.98. The van der Waals surface area contributed by atoms with Gasteiger partial charge in [0.15, 0.2) is 0 Å². The van der Waals surface area contributed by atoms with E-state index in [4.69, 9.17) is 5.73 Å². The van der Waals surface area contributed by atoms with Crippen molar-refractivity contribution in [2.24, 2.45) is 5.73 Å². The average molecular weight is 263 g/mol. The molecular formula is C13H17N3O3. The Bertz CT molecular complexity index is 516. The van der Waals surface area contributed by atoms with Gasteiger partial charge in [-0.15, -0.1) is 0 Å². The van der Waals surface area contributed by atoms with Crippen molar-refractivity contribution in [3.8, 4) is 5.75 Å². The van der Waals surface area contributed by atoms with Gasteiger partial charge in [0.25, 0.3) is 5.91 Å². The number of hydrogen-bond donors (Lipinski definition) is 3. The summed E-state index contributed by atoms with van der Waals surface area (Å²) in [5.41, 5.74) is 6.47. The molecular weight excluding hydrogens is 246 g/mol. The number of aromatic hydroxyl groups is 1. The van der Waals surface area contributed by atoms with Gasteiger partial charge in [0.2, 0.25) is 5.91 Å². The molecule has 0 bridgehead atoms. The molecule has 1 atom stereocenters. The zero-order valence-corrected chi connectivity index (χ0v) is 10.7. The van der Waals surface area contributed by atoms with Gasteiger partial charge in [0, 0.05) is 25.2 Å². The number of carbonyl (C=O) groups is 2. The third-order valence-electron chi connectivity index (χ3n) is 3.27. The number of aryl methyl sites for hydroxylation is 1. The molecule has 1 heterocycles. The predicted molar refractivity (Wildman–Crippen MR) is 69.7 cm³/mol. The van der Waals surface area contributed by atoms with Crippen molar-refractivity contribution >= 4 is 11.8 Å². The minimum absolute atomic E-state index is 0.112. The number of rotatable bonds is 2. The number of nitrogens with one attached hydrogen (secondary N) is 1. The van der Waals surface area contributed by atoms with Crippen molar-refractivity contribution in [1.29, 1.82) is 0 Å². The molecule has 2 amide bonds. The van der Waals surface area contributed by atoms with Crippen molar-refractivity contribution in [3.05, 3.63) is 29.3 Å². The summed E-state index contributed by atoms with van der Waals surface area (Å²) < 4.78 is 0. The molecule has 6 nitrogen and oxygen atoms in total. The fraction of sp³-hybridized carbons (Fsp3) is 0.385. The maximum atomic E-state index is 12.5. The number of nitrogens with zero attached hydrogens (tertiary/aromatic N) is 1. The maximum absolute atomic E-state index is 12.5. The summed E-state index contributed by atoms with van der Waals surface area (Å²) in [4.78, 5) is 25.3. The molecule has 19 heavy (non-hydrogen) atoms. The molecule has 0 saturated carbocycles. The van der Waals surface area contributed by atoms with E-state index in [0.29, 0.717) is 30.8 Å². The monoisotopic (exact) mass is 263 g/mol. The Morgan fingerprint density at radius 3 is 2.84 bits per heavy atom. The van der Waals surface area contributed by atoms with Crippen LogP contribution in [0.3, 0.4) is 0 Å². The standard InChI is InChI=1S/C13H17N3O3/c1-8-6-9(17)2-3-10(8)13(19)16-5-4-15-7-11(16)12(14)18/h2-3,6,11,15,17H,4-5,7H2,1H3,(H2,14,18). The first kappa shape index (κ1) is 13.4. The lowest BCUT2D eigenvalue weighted by Gasteiger charge is -2.34. The van der Waals surface area contributed by atoms with Gasteiger partial charge in [0.1, 0.15) is 11.8 Å². The number of phenols is 1. The summed E-state index contributed by atoms with van der Waals surface area (Å²) in [6, 6.07) is 3.91. The molecule has 1 aromatic carbocycles. The van der Waals surface area contributed by atoms with E-state index >= 15 is 0 Å². The quantitative estimate of drug-likeness (QED) is 0.676. The van der Waals surface area contributed by atoms with Crippen LogP contribution < -0.4 is 11.1 Å². The molecule has 0 aliphatic carbocycles. The van der Waals surface area contributed by atoms with E-state index in [-0.39, 0.29) is 11.7 Å². The van der Waals surface area contributed by atoms with Gasteiger partial charge in [-0.25, -0.2) is 0 Å². The van der Waals surface area contributed by atoms with E-state index in [9.17, 15) is 14.7 Å². The molecule has 2 rings (SSSR count). The second-order valence-electron chi connectivity index (χ2n) is 4.62. The maximum Gasteiger partial charge on any atom is 0.254 e. The molecule has 102 valence electrons. The Balaban J connectivity index is 2.28. The third-order valence-corrected chi connectivity index (χ3v) is 3.27. The van der Waals surface area contributed by atoms with E-state index in [1.54, 1.807) is 13.0 Å². The third kappa shape index (κ3) is 2.68. The van der Waals surface area contributed by atoms with Crippen LogP contribution in [0.2, 0.25) is 0 Å². The topological polar surface area (TPSA) is 95.7 Å². The molecule has 0 radical (unpaired) electrons. The molecule has 1 fully saturated rings. The van der Waals surface area contributed by atoms with Crippen LogP contribution in [-0.2, 0) is 4.79 Å². The van der Waals surface area contributed by atoms with Crippen LogP contribution in [0.5, 0.6) is 5.75 Å². The highest BCUT2D eigenvalue weighted by Gasteiger charge is 2.31. The number of piperazine rings is 1. The lowest BCUT2D eigenvalue weighted by Crippen LogP contribution is -2.58. The summed E-state index contributed by atoms with van der Waals surface area (Å²) in [6.45, 7) is 3.19. The van der Waals surface area contributed by atoms with Crippen LogP contribution in [0, 0.1) is 6.92 Å². The van der Waals surface area contributed by atoms with Gasteiger partial charge >= 0.3 is 0 Å². The van der Waals surface area contributed by atoms with Crippen molar-refractivity contribution in [2.75, 3.05) is 19.6 Å². The zero-order valence-electron chi connectivity index (χ0n) is 10.7. The normalized spacial score (nSPS) is 19.2. The number of primary amides is 1. The Morgan fingerprint density at radius 2 is 2.21 bits per heavy atom. The van der Waals surface area contributed by atoms with Crippen LogP contribution in [-0.4, -0.2) is 47.5 Å². The molecule has 0 aromatic heterocycles. The first-order chi connectivity index (χ1) is 9.00. The summed E-state index contributed by atoms with van der Waals surface area (Å²) in [5.74, 6) is -0.638. The zero-order chi connectivity index (χ0) is 14.0. The molecule has 1 aliphatic rings. The Morgan fingerprint density at radius 1 is 1.47 bits per heavy atom. The minimum atomic E-state index is -0.630. The fourth-order valence-corrected chi connectivity index (χ4v) is 2.24. The SMILES string of the molecule is Cc1cc(O)ccc1C(=O)N1CCNCC1C(N)=O. The van der Waals surface area contributed by atoms with E-state index < -0.39 is 11.9 Å². The molecule has 1 aromatic rings. The number of nitrogens with two attached hydrogens (primary N) is 1. The number of benzene rings is 1. The van der Waals surface area contributed by atoms with E-state index in [1.807, 2.05) is 0 Å². The van der Waals surface area contributed by atoms with Gasteiger partial charge in [-0.05, 0) is 30.7 Å². The summed E-state index contributed by atoms with van der Waals surface area (Å²) in [6.07, 6.45) is 0. The van der Waals surface area contributed by atoms with Crippen LogP contribution in [0.4, 0.5) is 0 Å². The second kappa shape index (κ2) is 5.27. The van der Waals surface area contributed by atoms with E-state index in [0.717, 1.165) is 0 Å². The van der Waals surface area contributed by atoms with Crippen molar-refractivity contribution < 1.29 is 14.7 Å². The largest absolute Gasteiger partial charge is 0.508 e. The van der Waals surface area contributed by atoms with Crippen LogP contribution in [0.25, 0.3) is 0 Å². The lowest BCUT2D eigenvalue weighted by molar-refractivity contribution is -0.122. The van der Waals surface area contributed by atoms with Gasteiger partial charge in [-0.2, -0.15) is 0 Å². The molecule has 6 heteroatoms. The van der Waals surface area contributed by atoms with E-state index in [1.165, 1.54) is 17.0 Å². The highest BCUT2D eigenvalue weighted by Crippen LogP contribution is 2.19. The highest BCUT2D eigenvalue weighted by atomic mass is 16.3. The number of carbonyl (C=O) groups excluding carboxylic acids is 2. The fourth-order valence-electron chi connectivity index (χ4n) is 2.24. The number of amides is 2. The molecule has 0 spiro atoms. The van der Waals surface area contributed by atoms with Crippen molar-refractivity contribution in [1.82, 2.24) is 10.2 Å². The first-order valence-electron chi connectivity index (χ1n) is 6.11. The summed E-state index contributed by atoms with van der Waals surface area (Å²) >= 11 is 0. The number of hydrogen-bond acceptors (Lipinski definition) is 4. The lowest BCUT2D eigenvalue weighted by atomic mass is 10.0. The second-order valence-corrected chi connectivity index (χ2v) is 4.62. The van der Waals surface area contributed by atoms with E-state index in [2.05, 4.69) is 5.32 Å². The summed E-state index contributed by atoms with van der Waals surface area (Å²) in [5, 5.41) is 12.4. The molecule has 1 unspecified atom stereocenters. The van der Waals surface area contributed by atoms with Gasteiger partial charge in [0.05, 0.1) is 0 Å². The van der Waals surface area contributed by atoms with Gasteiger partial charge < -0.3 is 21.1 Å². The van der Waals surface area contributed by atoms with Crippen molar-refractivity contribution in [3.63, 3.8) is 0 Å². The summed E-state index contributed by atoms with van der Waals surface area (Å²) in [7, 11) is 0. The molecule has 1 saturated heterocycles. The Kier molecular flexibility index (Phi) is 3.71. The van der Waals surface area contributed by atoms with Gasteiger partial charge in [-0.3, -0.25) is 9.59 Å². The Labute approximate surface area is 111 Å². The predicted octanol–water partition coefficient (Wildman–Crippen LogP) is -0.400. The van der Waals surface area contributed by atoms with Crippen molar-refractivity contribution in [2.45, 2.75) is 13.0 Å². The molecule has 4 N–H and O–H groups in total. The molecule has 1 aliphatic heterocycles. The van der Waals surface area contributed by atoms with Crippen LogP contribution in [0.15, 0.2) is 18.2 Å². The number of phenolic OH excluding ortho intramolecular Hbond substituents is 1. The minimum Gasteiger partial charge on any atom is -0.508 e. The first-order valence-corrected chi connectivity index (χ1v) is 6.11. The van der Waals surface area contributed by atoms with Gasteiger partial charge in [-0.1, -0.05) is 0 Å².